The minimum absolute atomic E-state index is 0.174. The second kappa shape index (κ2) is 5.64. The van der Waals surface area contributed by atoms with E-state index in [0.717, 1.165) is 52.0 Å². The normalized spacial score (nSPS) is 16.7. The highest BCUT2D eigenvalue weighted by molar-refractivity contribution is 6.00. The maximum atomic E-state index is 14.2. The fourth-order valence-corrected chi connectivity index (χ4v) is 4.25. The van der Waals surface area contributed by atoms with Gasteiger partial charge in [-0.15, -0.1) is 15.3 Å². The fraction of sp³-hybridized carbons (Fsp3) is 0.286. The molecule has 2 aromatic carbocycles. The SMILES string of the molecule is Nc1ccc(F)c2c1CN(c1nn3c(C4CC4)nnc3c3ccccc13)CC2. The van der Waals surface area contributed by atoms with Crippen LogP contribution in [0.1, 0.15) is 35.7 Å². The molecule has 0 atom stereocenters. The number of halogens is 1. The number of nitrogen functional groups attached to an aromatic ring is 1. The van der Waals surface area contributed by atoms with Crippen molar-refractivity contribution in [2.45, 2.75) is 31.7 Å². The molecule has 0 unspecified atom stereocenters. The second-order valence-electron chi connectivity index (χ2n) is 7.70. The van der Waals surface area contributed by atoms with Gasteiger partial charge in [0, 0.05) is 41.0 Å². The molecule has 3 heterocycles. The zero-order chi connectivity index (χ0) is 18.8. The van der Waals surface area contributed by atoms with Crippen LogP contribution in [0.3, 0.4) is 0 Å². The van der Waals surface area contributed by atoms with Crippen molar-refractivity contribution < 1.29 is 4.39 Å². The Kier molecular flexibility index (Phi) is 3.18. The highest BCUT2D eigenvalue weighted by atomic mass is 19.1. The number of anilines is 2. The van der Waals surface area contributed by atoms with E-state index in [1.165, 1.54) is 6.07 Å². The van der Waals surface area contributed by atoms with Crippen LogP contribution in [0, 0.1) is 5.82 Å². The molecule has 1 fully saturated rings. The van der Waals surface area contributed by atoms with Crippen molar-refractivity contribution in [2.24, 2.45) is 0 Å². The van der Waals surface area contributed by atoms with Gasteiger partial charge in [-0.2, -0.15) is 4.52 Å². The number of nitrogens with two attached hydrogens (primary N) is 1. The van der Waals surface area contributed by atoms with Crippen LogP contribution in [0.5, 0.6) is 0 Å². The lowest BCUT2D eigenvalue weighted by atomic mass is 9.97. The van der Waals surface area contributed by atoms with Crippen molar-refractivity contribution in [3.8, 4) is 0 Å². The monoisotopic (exact) mass is 374 g/mol. The summed E-state index contributed by atoms with van der Waals surface area (Å²) in [5.41, 5.74) is 9.19. The largest absolute Gasteiger partial charge is 0.398 e. The van der Waals surface area contributed by atoms with Crippen molar-refractivity contribution in [3.05, 3.63) is 59.2 Å². The molecule has 0 bridgehead atoms. The van der Waals surface area contributed by atoms with Gasteiger partial charge in [-0.1, -0.05) is 24.3 Å². The van der Waals surface area contributed by atoms with Crippen molar-refractivity contribution in [2.75, 3.05) is 17.2 Å². The summed E-state index contributed by atoms with van der Waals surface area (Å²) in [6.07, 6.45) is 2.88. The highest BCUT2D eigenvalue weighted by Gasteiger charge is 2.31. The van der Waals surface area contributed by atoms with E-state index < -0.39 is 0 Å². The molecule has 2 N–H and O–H groups in total. The first-order valence-electron chi connectivity index (χ1n) is 9.65. The standard InChI is InChI=1S/C21H19FN6/c22-17-7-8-18(23)16-11-27(10-9-13(16)17)21-15-4-2-1-3-14(15)20-25-24-19(12-5-6-12)28(20)26-21/h1-4,7-8,12H,5-6,9-11,23H2. The first kappa shape index (κ1) is 15.8. The predicted molar refractivity (Wildman–Crippen MR) is 106 cm³/mol. The van der Waals surface area contributed by atoms with E-state index in [9.17, 15) is 4.39 Å². The lowest BCUT2D eigenvalue weighted by molar-refractivity contribution is 0.589. The summed E-state index contributed by atoms with van der Waals surface area (Å²) in [4.78, 5) is 2.19. The lowest BCUT2D eigenvalue weighted by Crippen LogP contribution is -2.33. The average Bonchev–Trinajstić information content (AvgIpc) is 3.48. The maximum absolute atomic E-state index is 14.2. The van der Waals surface area contributed by atoms with E-state index >= 15 is 0 Å². The Morgan fingerprint density at radius 1 is 1.00 bits per heavy atom. The van der Waals surface area contributed by atoms with Gasteiger partial charge in [-0.25, -0.2) is 4.39 Å². The van der Waals surface area contributed by atoms with E-state index in [2.05, 4.69) is 27.2 Å². The van der Waals surface area contributed by atoms with E-state index in [1.54, 1.807) is 6.07 Å². The predicted octanol–water partition coefficient (Wildman–Crippen LogP) is 3.44. The van der Waals surface area contributed by atoms with Crippen LogP contribution in [-0.2, 0) is 13.0 Å². The number of fused-ring (bicyclic) bond motifs is 4. The topological polar surface area (TPSA) is 72.3 Å². The Labute approximate surface area is 160 Å². The number of hydrogen-bond acceptors (Lipinski definition) is 5. The summed E-state index contributed by atoms with van der Waals surface area (Å²) in [7, 11) is 0. The van der Waals surface area contributed by atoms with Crippen LogP contribution in [0.15, 0.2) is 36.4 Å². The van der Waals surface area contributed by atoms with Crippen LogP contribution in [0.25, 0.3) is 16.4 Å². The quantitative estimate of drug-likeness (QED) is 0.544. The Bertz CT molecular complexity index is 1240. The summed E-state index contributed by atoms with van der Waals surface area (Å²) in [6.45, 7) is 1.24. The van der Waals surface area contributed by atoms with E-state index in [0.29, 0.717) is 31.1 Å². The highest BCUT2D eigenvalue weighted by Crippen LogP contribution is 2.40. The molecule has 28 heavy (non-hydrogen) atoms. The molecule has 2 aliphatic rings. The van der Waals surface area contributed by atoms with Gasteiger partial charge < -0.3 is 10.6 Å². The second-order valence-corrected chi connectivity index (χ2v) is 7.70. The Balaban J connectivity index is 1.55. The van der Waals surface area contributed by atoms with Crippen LogP contribution < -0.4 is 10.6 Å². The van der Waals surface area contributed by atoms with Gasteiger partial charge in [0.1, 0.15) is 5.82 Å². The molecule has 1 aliphatic carbocycles. The molecule has 0 spiro atoms. The molecule has 6 rings (SSSR count). The first-order chi connectivity index (χ1) is 13.7. The maximum Gasteiger partial charge on any atom is 0.185 e. The first-order valence-corrected chi connectivity index (χ1v) is 9.65. The van der Waals surface area contributed by atoms with Gasteiger partial charge in [-0.05, 0) is 37.0 Å². The van der Waals surface area contributed by atoms with E-state index in [-0.39, 0.29) is 5.82 Å². The van der Waals surface area contributed by atoms with E-state index in [4.69, 9.17) is 10.8 Å². The number of aromatic nitrogens is 4. The summed E-state index contributed by atoms with van der Waals surface area (Å²) in [6, 6.07) is 11.3. The molecular formula is C21H19FN6. The van der Waals surface area contributed by atoms with Crippen LogP contribution in [0.2, 0.25) is 0 Å². The fourth-order valence-electron chi connectivity index (χ4n) is 4.25. The van der Waals surface area contributed by atoms with Crippen molar-refractivity contribution in [1.82, 2.24) is 19.8 Å². The van der Waals surface area contributed by atoms with Crippen molar-refractivity contribution >= 4 is 27.9 Å². The molecule has 0 amide bonds. The van der Waals surface area contributed by atoms with Gasteiger partial charge in [0.05, 0.1) is 0 Å². The third-order valence-corrected chi connectivity index (χ3v) is 5.90. The molecule has 6 nitrogen and oxygen atoms in total. The molecule has 1 saturated carbocycles. The van der Waals surface area contributed by atoms with Crippen LogP contribution in [0.4, 0.5) is 15.9 Å². The van der Waals surface area contributed by atoms with Crippen molar-refractivity contribution in [1.29, 1.82) is 0 Å². The molecule has 140 valence electrons. The van der Waals surface area contributed by atoms with E-state index in [1.807, 2.05) is 16.6 Å². The van der Waals surface area contributed by atoms with Gasteiger partial charge in [-0.3, -0.25) is 0 Å². The minimum atomic E-state index is -0.174. The Morgan fingerprint density at radius 2 is 1.82 bits per heavy atom. The molecule has 0 radical (unpaired) electrons. The van der Waals surface area contributed by atoms with Gasteiger partial charge >= 0.3 is 0 Å². The Morgan fingerprint density at radius 3 is 2.64 bits per heavy atom. The molecule has 7 heteroatoms. The number of rotatable bonds is 2. The van der Waals surface area contributed by atoms with Gasteiger partial charge in [0.25, 0.3) is 0 Å². The smallest absolute Gasteiger partial charge is 0.185 e. The lowest BCUT2D eigenvalue weighted by Gasteiger charge is -2.31. The molecule has 4 aromatic rings. The minimum Gasteiger partial charge on any atom is -0.398 e. The number of nitrogens with zero attached hydrogens (tertiary/aromatic N) is 5. The van der Waals surface area contributed by atoms with Crippen LogP contribution in [-0.4, -0.2) is 26.4 Å². The molecule has 1 aliphatic heterocycles. The van der Waals surface area contributed by atoms with Crippen LogP contribution >= 0.6 is 0 Å². The van der Waals surface area contributed by atoms with Crippen molar-refractivity contribution in [3.63, 3.8) is 0 Å². The zero-order valence-corrected chi connectivity index (χ0v) is 15.3. The molecular weight excluding hydrogens is 355 g/mol. The summed E-state index contributed by atoms with van der Waals surface area (Å²) < 4.78 is 16.1. The molecule has 0 saturated heterocycles. The third kappa shape index (κ3) is 2.22. The average molecular weight is 374 g/mol. The molecule has 2 aromatic heterocycles. The summed E-state index contributed by atoms with van der Waals surface area (Å²) in [5.74, 6) is 2.08. The summed E-state index contributed by atoms with van der Waals surface area (Å²) in [5, 5.41) is 15.9. The van der Waals surface area contributed by atoms with Gasteiger partial charge in [0.2, 0.25) is 0 Å². The Hall–Kier alpha value is -3.22. The third-order valence-electron chi connectivity index (χ3n) is 5.90. The van der Waals surface area contributed by atoms with Gasteiger partial charge in [0.15, 0.2) is 17.3 Å². The number of benzene rings is 2. The number of hydrogen-bond donors (Lipinski definition) is 1. The zero-order valence-electron chi connectivity index (χ0n) is 15.3. The summed E-state index contributed by atoms with van der Waals surface area (Å²) >= 11 is 0.